The van der Waals surface area contributed by atoms with Crippen LogP contribution in [-0.4, -0.2) is 4.57 Å². The van der Waals surface area contributed by atoms with Gasteiger partial charge >= 0.3 is 0 Å². The van der Waals surface area contributed by atoms with Crippen LogP contribution in [0, 0.1) is 5.92 Å². The van der Waals surface area contributed by atoms with E-state index in [4.69, 9.17) is 16.0 Å². The highest BCUT2D eigenvalue weighted by molar-refractivity contribution is 6.41. The number of rotatable bonds is 1. The van der Waals surface area contributed by atoms with Gasteiger partial charge < -0.3 is 8.98 Å². The largest absolute Gasteiger partial charge is 0.454 e. The van der Waals surface area contributed by atoms with Gasteiger partial charge in [-0.05, 0) is 30.7 Å². The second-order valence-electron chi connectivity index (χ2n) is 7.57. The van der Waals surface area contributed by atoms with Crippen LogP contribution in [-0.2, 0) is 0 Å². The van der Waals surface area contributed by atoms with Crippen molar-refractivity contribution in [2.75, 3.05) is 0 Å². The molecular formula is C25H18ClNO. The average molecular weight is 384 g/mol. The van der Waals surface area contributed by atoms with Crippen LogP contribution >= 0.6 is 11.6 Å². The Hall–Kier alpha value is -2.97. The van der Waals surface area contributed by atoms with E-state index < -0.39 is 0 Å². The molecule has 0 saturated carbocycles. The lowest BCUT2D eigenvalue weighted by Crippen LogP contribution is -2.08. The number of para-hydroxylation sites is 2. The second-order valence-corrected chi connectivity index (χ2v) is 7.97. The van der Waals surface area contributed by atoms with Crippen molar-refractivity contribution >= 4 is 61.0 Å². The molecule has 1 unspecified atom stereocenters. The van der Waals surface area contributed by atoms with Crippen LogP contribution in [0.5, 0.6) is 0 Å². The Labute approximate surface area is 167 Å². The highest BCUT2D eigenvalue weighted by Gasteiger charge is 2.24. The van der Waals surface area contributed by atoms with Crippen LogP contribution in [0.25, 0.3) is 49.4 Å². The lowest BCUT2D eigenvalue weighted by molar-refractivity contribution is 0.669. The first-order valence-corrected chi connectivity index (χ1v) is 10.0. The third-order valence-corrected chi connectivity index (χ3v) is 6.19. The van der Waals surface area contributed by atoms with E-state index in [0.29, 0.717) is 5.92 Å². The van der Waals surface area contributed by atoms with Gasteiger partial charge in [-0.25, -0.2) is 0 Å². The summed E-state index contributed by atoms with van der Waals surface area (Å²) >= 11 is 6.87. The number of furan rings is 1. The molecule has 1 atom stereocenters. The van der Waals surface area contributed by atoms with Crippen molar-refractivity contribution in [2.45, 2.75) is 13.3 Å². The van der Waals surface area contributed by atoms with Crippen molar-refractivity contribution in [2.24, 2.45) is 5.92 Å². The number of nitrogens with zero attached hydrogens (tertiary/aromatic N) is 1. The standard InChI is InChI=1S/C25H18ClNO/c1-15-8-2-5-11-20(15)27-21-12-6-3-10-17(21)23-19(26)14-18-16-9-4-7-13-22(16)28-25(18)24(23)27/h2-7,9-15H,8H2,1H3. The first-order chi connectivity index (χ1) is 13.7. The fraction of sp³-hybridized carbons (Fsp3) is 0.120. The highest BCUT2D eigenvalue weighted by Crippen LogP contribution is 2.44. The summed E-state index contributed by atoms with van der Waals surface area (Å²) < 4.78 is 8.75. The molecule has 0 radical (unpaired) electrons. The van der Waals surface area contributed by atoms with Gasteiger partial charge in [-0.15, -0.1) is 0 Å². The first-order valence-electron chi connectivity index (χ1n) is 9.64. The van der Waals surface area contributed by atoms with E-state index in [9.17, 15) is 0 Å². The van der Waals surface area contributed by atoms with Gasteiger partial charge in [0.15, 0.2) is 5.58 Å². The van der Waals surface area contributed by atoms with Crippen LogP contribution < -0.4 is 0 Å². The Balaban J connectivity index is 1.91. The maximum Gasteiger partial charge on any atom is 0.160 e. The third-order valence-electron chi connectivity index (χ3n) is 5.89. The van der Waals surface area contributed by atoms with Crippen molar-refractivity contribution < 1.29 is 4.42 Å². The first kappa shape index (κ1) is 16.0. The minimum absolute atomic E-state index is 0.419. The van der Waals surface area contributed by atoms with Crippen molar-refractivity contribution in [3.8, 4) is 0 Å². The summed E-state index contributed by atoms with van der Waals surface area (Å²) in [5, 5.41) is 5.16. The molecule has 2 heterocycles. The van der Waals surface area contributed by atoms with Crippen molar-refractivity contribution in [1.82, 2.24) is 4.57 Å². The zero-order valence-corrected chi connectivity index (χ0v) is 16.2. The average Bonchev–Trinajstić information content (AvgIpc) is 3.25. The molecule has 2 nitrogen and oxygen atoms in total. The quantitative estimate of drug-likeness (QED) is 0.289. The summed E-state index contributed by atoms with van der Waals surface area (Å²) in [5.41, 5.74) is 5.30. The summed E-state index contributed by atoms with van der Waals surface area (Å²) in [5.74, 6) is 0.419. The fourth-order valence-corrected chi connectivity index (χ4v) is 4.88. The monoisotopic (exact) mass is 383 g/mol. The van der Waals surface area contributed by atoms with Crippen LogP contribution in [0.15, 0.2) is 77.2 Å². The van der Waals surface area contributed by atoms with E-state index >= 15 is 0 Å². The molecule has 2 aromatic heterocycles. The van der Waals surface area contributed by atoms with Crippen molar-refractivity contribution in [1.29, 1.82) is 0 Å². The molecular weight excluding hydrogens is 366 g/mol. The van der Waals surface area contributed by atoms with Crippen LogP contribution in [0.3, 0.4) is 0 Å². The third kappa shape index (κ3) is 2.04. The molecule has 0 spiro atoms. The Bertz CT molecular complexity index is 1460. The van der Waals surface area contributed by atoms with Crippen LogP contribution in [0.1, 0.15) is 13.3 Å². The minimum Gasteiger partial charge on any atom is -0.454 e. The van der Waals surface area contributed by atoms with E-state index in [1.54, 1.807) is 0 Å². The molecule has 1 aliphatic carbocycles. The smallest absolute Gasteiger partial charge is 0.160 e. The van der Waals surface area contributed by atoms with Gasteiger partial charge in [0.25, 0.3) is 0 Å². The van der Waals surface area contributed by atoms with Gasteiger partial charge in [-0.2, -0.15) is 0 Å². The Kier molecular flexibility index (Phi) is 3.30. The maximum absolute atomic E-state index is 6.87. The van der Waals surface area contributed by atoms with E-state index in [1.165, 1.54) is 11.2 Å². The van der Waals surface area contributed by atoms with Gasteiger partial charge in [-0.3, -0.25) is 0 Å². The fourth-order valence-electron chi connectivity index (χ4n) is 4.58. The molecule has 136 valence electrons. The van der Waals surface area contributed by atoms with E-state index in [0.717, 1.165) is 49.7 Å². The van der Waals surface area contributed by atoms with E-state index in [1.807, 2.05) is 18.2 Å². The number of aromatic nitrogens is 1. The van der Waals surface area contributed by atoms with E-state index in [-0.39, 0.29) is 0 Å². The normalized spacial score (nSPS) is 17.2. The molecule has 0 fully saturated rings. The molecule has 3 aromatic carbocycles. The van der Waals surface area contributed by atoms with Gasteiger partial charge in [0.05, 0.1) is 16.1 Å². The van der Waals surface area contributed by atoms with E-state index in [2.05, 4.69) is 66.1 Å². The van der Waals surface area contributed by atoms with Crippen molar-refractivity contribution in [3.63, 3.8) is 0 Å². The predicted octanol–water partition coefficient (Wildman–Crippen LogP) is 7.78. The number of fused-ring (bicyclic) bond motifs is 7. The molecule has 0 amide bonds. The molecule has 0 N–H and O–H groups in total. The lowest BCUT2D eigenvalue weighted by atomic mass is 9.98. The SMILES string of the molecule is CC1CC=CC=C1n1c2ccccc2c2c(Cl)cc3c4ccccc4oc3c21. The molecule has 1 aliphatic rings. The number of benzene rings is 3. The Morgan fingerprint density at radius 1 is 1.00 bits per heavy atom. The second kappa shape index (κ2) is 5.76. The number of allylic oxidation sites excluding steroid dienone is 4. The number of hydrogen-bond donors (Lipinski definition) is 0. The predicted molar refractivity (Wildman–Crippen MR) is 119 cm³/mol. The molecule has 3 heteroatoms. The lowest BCUT2D eigenvalue weighted by Gasteiger charge is -2.20. The minimum atomic E-state index is 0.419. The molecule has 6 rings (SSSR count). The van der Waals surface area contributed by atoms with Crippen LogP contribution in [0.2, 0.25) is 5.02 Å². The summed E-state index contributed by atoms with van der Waals surface area (Å²) in [6.45, 7) is 2.27. The Morgan fingerprint density at radius 3 is 2.64 bits per heavy atom. The molecule has 0 aliphatic heterocycles. The molecule has 0 saturated heterocycles. The van der Waals surface area contributed by atoms with Gasteiger partial charge in [0, 0.05) is 33.2 Å². The highest BCUT2D eigenvalue weighted by atomic mass is 35.5. The summed E-state index contributed by atoms with van der Waals surface area (Å²) in [6, 6.07) is 18.7. The van der Waals surface area contributed by atoms with Gasteiger partial charge in [0.2, 0.25) is 0 Å². The van der Waals surface area contributed by atoms with Crippen molar-refractivity contribution in [3.05, 3.63) is 77.8 Å². The summed E-state index contributed by atoms with van der Waals surface area (Å²) in [7, 11) is 0. The topological polar surface area (TPSA) is 18.1 Å². The zero-order valence-electron chi connectivity index (χ0n) is 15.4. The van der Waals surface area contributed by atoms with Gasteiger partial charge in [0.1, 0.15) is 5.58 Å². The molecule has 0 bridgehead atoms. The zero-order chi connectivity index (χ0) is 18.8. The number of halogens is 1. The number of hydrogen-bond acceptors (Lipinski definition) is 1. The Morgan fingerprint density at radius 2 is 1.79 bits per heavy atom. The van der Waals surface area contributed by atoms with Crippen LogP contribution in [0.4, 0.5) is 0 Å². The summed E-state index contributed by atoms with van der Waals surface area (Å²) in [4.78, 5) is 0. The molecule has 5 aromatic rings. The maximum atomic E-state index is 6.87. The summed E-state index contributed by atoms with van der Waals surface area (Å²) in [6.07, 6.45) is 7.63. The van der Waals surface area contributed by atoms with Gasteiger partial charge in [-0.1, -0.05) is 67.1 Å². The molecule has 28 heavy (non-hydrogen) atoms.